The van der Waals surface area contributed by atoms with E-state index in [4.69, 9.17) is 20.8 Å². The first-order chi connectivity index (χ1) is 10.9. The Morgan fingerprint density at radius 3 is 2.91 bits per heavy atom. The maximum Gasteiger partial charge on any atom is 0.257 e. The highest BCUT2D eigenvalue weighted by Gasteiger charge is 2.43. The number of nitrogens with one attached hydrogen (secondary N) is 3. The van der Waals surface area contributed by atoms with Gasteiger partial charge in [0.2, 0.25) is 5.82 Å². The first kappa shape index (κ1) is 15.5. The number of fused-ring (bicyclic) bond motifs is 1. The van der Waals surface area contributed by atoms with Gasteiger partial charge in [0.1, 0.15) is 16.9 Å². The SMILES string of the molecule is CC(=N)OC(=N)c1ncc2c(F)cc(SNC3(C#N)CC3)cn12. The molecule has 118 valence electrons. The normalized spacial score (nSPS) is 15.2. The minimum absolute atomic E-state index is 0.106. The fraction of sp³-hybridized carbons (Fsp3) is 0.286. The van der Waals surface area contributed by atoms with Crippen molar-refractivity contribution in [2.45, 2.75) is 30.2 Å². The largest absolute Gasteiger partial charge is 0.422 e. The van der Waals surface area contributed by atoms with Crippen LogP contribution in [-0.2, 0) is 4.74 Å². The van der Waals surface area contributed by atoms with Gasteiger partial charge in [-0.3, -0.25) is 15.2 Å². The molecule has 0 bridgehead atoms. The van der Waals surface area contributed by atoms with Crippen LogP contribution in [0.1, 0.15) is 25.6 Å². The van der Waals surface area contributed by atoms with Crippen LogP contribution in [0.2, 0.25) is 0 Å². The average Bonchev–Trinajstić information content (AvgIpc) is 3.15. The van der Waals surface area contributed by atoms with Gasteiger partial charge in [0.15, 0.2) is 5.90 Å². The van der Waals surface area contributed by atoms with Crippen molar-refractivity contribution in [1.82, 2.24) is 14.1 Å². The Labute approximate surface area is 135 Å². The number of hydrogen-bond donors (Lipinski definition) is 3. The number of aromatic nitrogens is 2. The third-order valence-corrected chi connectivity index (χ3v) is 4.31. The van der Waals surface area contributed by atoms with Gasteiger partial charge in [-0.15, -0.1) is 0 Å². The Morgan fingerprint density at radius 1 is 1.57 bits per heavy atom. The van der Waals surface area contributed by atoms with Gasteiger partial charge >= 0.3 is 0 Å². The molecule has 0 spiro atoms. The van der Waals surface area contributed by atoms with Crippen molar-refractivity contribution in [1.29, 1.82) is 16.1 Å². The van der Waals surface area contributed by atoms with Gasteiger partial charge in [0, 0.05) is 18.0 Å². The lowest BCUT2D eigenvalue weighted by Gasteiger charge is -2.10. The third kappa shape index (κ3) is 3.04. The van der Waals surface area contributed by atoms with Crippen LogP contribution in [0.15, 0.2) is 23.4 Å². The van der Waals surface area contributed by atoms with Crippen molar-refractivity contribution in [3.8, 4) is 6.07 Å². The topological polar surface area (TPSA) is 110 Å². The number of imidazole rings is 1. The molecule has 3 rings (SSSR count). The van der Waals surface area contributed by atoms with Crippen LogP contribution in [0.25, 0.3) is 5.52 Å². The summed E-state index contributed by atoms with van der Waals surface area (Å²) in [6.07, 6.45) is 4.47. The molecular formula is C14H13FN6OS. The summed E-state index contributed by atoms with van der Waals surface area (Å²) in [5.41, 5.74) is -0.317. The Kier molecular flexibility index (Phi) is 3.79. The lowest BCUT2D eigenvalue weighted by atomic mass is 10.3. The van der Waals surface area contributed by atoms with E-state index in [0.29, 0.717) is 4.90 Å². The molecule has 1 aliphatic rings. The van der Waals surface area contributed by atoms with E-state index < -0.39 is 11.4 Å². The number of rotatable bonds is 4. The molecule has 0 radical (unpaired) electrons. The highest BCUT2D eigenvalue weighted by molar-refractivity contribution is 7.97. The lowest BCUT2D eigenvalue weighted by Crippen LogP contribution is -2.22. The second kappa shape index (κ2) is 5.64. The van der Waals surface area contributed by atoms with E-state index in [0.717, 1.165) is 12.8 Å². The molecule has 0 aliphatic heterocycles. The Balaban J connectivity index is 1.91. The minimum Gasteiger partial charge on any atom is -0.422 e. The van der Waals surface area contributed by atoms with Crippen molar-refractivity contribution < 1.29 is 9.13 Å². The highest BCUT2D eigenvalue weighted by Crippen LogP contribution is 2.37. The zero-order chi connectivity index (χ0) is 16.6. The molecule has 2 heterocycles. The van der Waals surface area contributed by atoms with Crippen LogP contribution in [0.5, 0.6) is 0 Å². The summed E-state index contributed by atoms with van der Waals surface area (Å²) < 4.78 is 23.5. The molecule has 2 aromatic rings. The van der Waals surface area contributed by atoms with E-state index in [2.05, 4.69) is 15.8 Å². The summed E-state index contributed by atoms with van der Waals surface area (Å²) in [4.78, 5) is 4.53. The zero-order valence-electron chi connectivity index (χ0n) is 12.2. The number of hydrogen-bond acceptors (Lipinski definition) is 7. The van der Waals surface area contributed by atoms with Crippen molar-refractivity contribution >= 4 is 29.3 Å². The molecule has 9 heteroatoms. The molecule has 1 fully saturated rings. The molecule has 0 amide bonds. The van der Waals surface area contributed by atoms with Crippen LogP contribution < -0.4 is 4.72 Å². The molecule has 1 aliphatic carbocycles. The number of nitrogens with zero attached hydrogens (tertiary/aromatic N) is 3. The molecule has 23 heavy (non-hydrogen) atoms. The summed E-state index contributed by atoms with van der Waals surface area (Å²) in [5.74, 6) is -0.863. The lowest BCUT2D eigenvalue weighted by molar-refractivity contribution is 0.526. The molecule has 2 aromatic heterocycles. The zero-order valence-corrected chi connectivity index (χ0v) is 13.0. The fourth-order valence-corrected chi connectivity index (χ4v) is 2.86. The van der Waals surface area contributed by atoms with E-state index in [1.54, 1.807) is 6.20 Å². The number of nitriles is 1. The number of ether oxygens (including phenoxy) is 1. The molecule has 1 saturated carbocycles. The molecule has 0 saturated heterocycles. The molecule has 0 unspecified atom stereocenters. The van der Waals surface area contributed by atoms with Crippen molar-refractivity contribution in [3.63, 3.8) is 0 Å². The summed E-state index contributed by atoms with van der Waals surface area (Å²) in [5, 5.41) is 24.1. The predicted octanol–water partition coefficient (Wildman–Crippen LogP) is 2.47. The monoisotopic (exact) mass is 332 g/mol. The van der Waals surface area contributed by atoms with Crippen LogP contribution in [0.3, 0.4) is 0 Å². The second-order valence-corrected chi connectivity index (χ2v) is 6.13. The smallest absolute Gasteiger partial charge is 0.257 e. The molecule has 3 N–H and O–H groups in total. The standard InChI is InChI=1S/C14H13FN6OS/c1-8(17)22-12(18)13-19-5-11-10(15)4-9(6-21(11)13)23-20-14(7-16)2-3-14/h4-6,17-18,20H,2-3H2,1H3. The quantitative estimate of drug-likeness (QED) is 0.452. The van der Waals surface area contributed by atoms with E-state index >= 15 is 0 Å². The van der Waals surface area contributed by atoms with Crippen molar-refractivity contribution in [2.24, 2.45) is 0 Å². The van der Waals surface area contributed by atoms with Gasteiger partial charge < -0.3 is 4.74 Å². The van der Waals surface area contributed by atoms with Gasteiger partial charge in [-0.25, -0.2) is 14.1 Å². The van der Waals surface area contributed by atoms with Gasteiger partial charge in [0.05, 0.1) is 12.3 Å². The van der Waals surface area contributed by atoms with E-state index in [1.165, 1.54) is 35.5 Å². The maximum absolute atomic E-state index is 14.2. The summed E-state index contributed by atoms with van der Waals surface area (Å²) in [6.45, 7) is 1.40. The van der Waals surface area contributed by atoms with E-state index in [1.807, 2.05) is 0 Å². The van der Waals surface area contributed by atoms with Crippen molar-refractivity contribution in [3.05, 3.63) is 30.1 Å². The second-order valence-electron chi connectivity index (χ2n) is 5.25. The Bertz CT molecular complexity index is 851. The van der Waals surface area contributed by atoms with Crippen LogP contribution in [0.4, 0.5) is 4.39 Å². The van der Waals surface area contributed by atoms with Crippen molar-refractivity contribution in [2.75, 3.05) is 0 Å². The Morgan fingerprint density at radius 2 is 2.30 bits per heavy atom. The first-order valence-electron chi connectivity index (χ1n) is 6.78. The summed E-state index contributed by atoms with van der Waals surface area (Å²) in [6, 6.07) is 3.54. The predicted molar refractivity (Wildman–Crippen MR) is 83.0 cm³/mol. The molecule has 7 nitrogen and oxygen atoms in total. The molecule has 0 atom stereocenters. The van der Waals surface area contributed by atoms with Crippen LogP contribution in [-0.4, -0.2) is 26.7 Å². The highest BCUT2D eigenvalue weighted by atomic mass is 32.2. The van der Waals surface area contributed by atoms with Crippen LogP contribution >= 0.6 is 11.9 Å². The molecule has 0 aromatic carbocycles. The van der Waals surface area contributed by atoms with E-state index in [9.17, 15) is 4.39 Å². The maximum atomic E-state index is 14.2. The third-order valence-electron chi connectivity index (χ3n) is 3.35. The van der Waals surface area contributed by atoms with Gasteiger partial charge in [-0.1, -0.05) is 0 Å². The fourth-order valence-electron chi connectivity index (χ4n) is 1.97. The van der Waals surface area contributed by atoms with Gasteiger partial charge in [0.25, 0.3) is 5.90 Å². The first-order valence-corrected chi connectivity index (χ1v) is 7.59. The summed E-state index contributed by atoms with van der Waals surface area (Å²) >= 11 is 1.17. The van der Waals surface area contributed by atoms with Gasteiger partial charge in [-0.2, -0.15) is 5.26 Å². The number of halogens is 1. The number of pyridine rings is 1. The molecular weight excluding hydrogens is 319 g/mol. The van der Waals surface area contributed by atoms with E-state index in [-0.39, 0.29) is 23.1 Å². The minimum atomic E-state index is -0.527. The summed E-state index contributed by atoms with van der Waals surface area (Å²) in [7, 11) is 0. The van der Waals surface area contributed by atoms with Gasteiger partial charge in [-0.05, 0) is 30.9 Å². The average molecular weight is 332 g/mol. The van der Waals surface area contributed by atoms with Crippen LogP contribution in [0, 0.1) is 28.0 Å². The Hall–Kier alpha value is -2.44.